The number of thioether (sulfide) groups is 1. The van der Waals surface area contributed by atoms with Crippen molar-refractivity contribution >= 4 is 17.7 Å². The molecule has 0 aromatic carbocycles. The molecule has 2 aliphatic heterocycles. The van der Waals surface area contributed by atoms with Gasteiger partial charge in [0.1, 0.15) is 0 Å². The van der Waals surface area contributed by atoms with Crippen LogP contribution in [0.4, 0.5) is 0 Å². The second kappa shape index (κ2) is 6.80. The Morgan fingerprint density at radius 1 is 1.11 bits per heavy atom. The van der Waals surface area contributed by atoms with Crippen LogP contribution in [0.15, 0.2) is 0 Å². The summed E-state index contributed by atoms with van der Waals surface area (Å²) in [6, 6.07) is 0.730. The Hall–Kier alpha value is -0.220. The van der Waals surface area contributed by atoms with Gasteiger partial charge in [0.2, 0.25) is 5.91 Å². The Morgan fingerprint density at radius 2 is 1.72 bits per heavy atom. The summed E-state index contributed by atoms with van der Waals surface area (Å²) in [5.74, 6) is 0.328. The molecule has 0 radical (unpaired) electrons. The van der Waals surface area contributed by atoms with E-state index in [0.717, 1.165) is 24.4 Å². The molecule has 0 saturated carbocycles. The van der Waals surface area contributed by atoms with Crippen molar-refractivity contribution in [2.45, 2.75) is 50.3 Å². The van der Waals surface area contributed by atoms with Crippen LogP contribution < -0.4 is 0 Å². The lowest BCUT2D eigenvalue weighted by atomic mass is 9.99. The van der Waals surface area contributed by atoms with Gasteiger partial charge in [-0.1, -0.05) is 6.92 Å². The highest BCUT2D eigenvalue weighted by Crippen LogP contribution is 2.25. The summed E-state index contributed by atoms with van der Waals surface area (Å²) in [4.78, 5) is 16.4. The van der Waals surface area contributed by atoms with E-state index in [1.165, 1.54) is 38.8 Å². The third-order valence-corrected chi connectivity index (χ3v) is 5.58. The fraction of sp³-hybridized carbons (Fsp3) is 0.929. The molecular formula is C14H26N2OS. The standard InChI is InChI=1S/C14H26N2OS/c1-3-14(17)16-8-4-12(5-9-16)15-10-6-13(18-2)7-11-15/h12-13H,3-11H2,1-2H3. The lowest BCUT2D eigenvalue weighted by Gasteiger charge is -2.41. The van der Waals surface area contributed by atoms with E-state index >= 15 is 0 Å². The van der Waals surface area contributed by atoms with Crippen molar-refractivity contribution in [2.24, 2.45) is 0 Å². The number of carbonyl (C=O) groups excluding carboxylic acids is 1. The maximum absolute atomic E-state index is 11.6. The summed E-state index contributed by atoms with van der Waals surface area (Å²) in [6.07, 6.45) is 7.93. The number of carbonyl (C=O) groups is 1. The van der Waals surface area contributed by atoms with E-state index in [-0.39, 0.29) is 0 Å². The molecule has 0 atom stereocenters. The van der Waals surface area contributed by atoms with E-state index < -0.39 is 0 Å². The van der Waals surface area contributed by atoms with Crippen molar-refractivity contribution in [3.63, 3.8) is 0 Å². The van der Waals surface area contributed by atoms with Gasteiger partial charge in [0, 0.05) is 30.8 Å². The van der Waals surface area contributed by atoms with Gasteiger partial charge in [-0.3, -0.25) is 4.79 Å². The Kier molecular flexibility index (Phi) is 5.37. The second-order valence-corrected chi connectivity index (χ2v) is 6.57. The van der Waals surface area contributed by atoms with E-state index in [4.69, 9.17) is 0 Å². The van der Waals surface area contributed by atoms with Crippen LogP contribution in [0.25, 0.3) is 0 Å². The third-order valence-electron chi connectivity index (χ3n) is 4.45. The van der Waals surface area contributed by atoms with Gasteiger partial charge in [0.25, 0.3) is 0 Å². The number of hydrogen-bond acceptors (Lipinski definition) is 3. The first-order valence-electron chi connectivity index (χ1n) is 7.29. The van der Waals surface area contributed by atoms with Crippen LogP contribution in [0.5, 0.6) is 0 Å². The molecule has 104 valence electrons. The van der Waals surface area contributed by atoms with Gasteiger partial charge in [-0.25, -0.2) is 0 Å². The molecule has 0 spiro atoms. The van der Waals surface area contributed by atoms with Crippen LogP contribution >= 0.6 is 11.8 Å². The van der Waals surface area contributed by atoms with Gasteiger partial charge in [-0.15, -0.1) is 0 Å². The monoisotopic (exact) mass is 270 g/mol. The molecule has 2 fully saturated rings. The Labute approximate surface area is 115 Å². The van der Waals surface area contributed by atoms with Crippen LogP contribution in [-0.2, 0) is 4.79 Å². The molecule has 0 aromatic heterocycles. The molecule has 0 bridgehead atoms. The van der Waals surface area contributed by atoms with E-state index in [9.17, 15) is 4.79 Å². The van der Waals surface area contributed by atoms with Crippen molar-refractivity contribution in [2.75, 3.05) is 32.4 Å². The van der Waals surface area contributed by atoms with Gasteiger partial charge in [-0.2, -0.15) is 11.8 Å². The Balaban J connectivity index is 1.75. The number of rotatable bonds is 3. The normalized spacial score (nSPS) is 24.4. The largest absolute Gasteiger partial charge is 0.343 e. The first-order valence-corrected chi connectivity index (χ1v) is 8.58. The van der Waals surface area contributed by atoms with Crippen molar-refractivity contribution in [3.05, 3.63) is 0 Å². The molecule has 0 N–H and O–H groups in total. The highest BCUT2D eigenvalue weighted by Gasteiger charge is 2.28. The summed E-state index contributed by atoms with van der Waals surface area (Å²) < 4.78 is 0. The summed E-state index contributed by atoms with van der Waals surface area (Å²) in [6.45, 7) is 6.43. The van der Waals surface area contributed by atoms with Gasteiger partial charge >= 0.3 is 0 Å². The van der Waals surface area contributed by atoms with Crippen molar-refractivity contribution in [3.8, 4) is 0 Å². The number of likely N-dealkylation sites (tertiary alicyclic amines) is 2. The lowest BCUT2D eigenvalue weighted by molar-refractivity contribution is -0.132. The molecule has 0 aliphatic carbocycles. The number of nitrogens with zero attached hydrogens (tertiary/aromatic N) is 2. The number of piperidine rings is 2. The van der Waals surface area contributed by atoms with Crippen LogP contribution in [0.2, 0.25) is 0 Å². The molecule has 4 heteroatoms. The van der Waals surface area contributed by atoms with Crippen molar-refractivity contribution < 1.29 is 4.79 Å². The molecular weight excluding hydrogens is 244 g/mol. The zero-order chi connectivity index (χ0) is 13.0. The number of amides is 1. The lowest BCUT2D eigenvalue weighted by Crippen LogP contribution is -2.49. The highest BCUT2D eigenvalue weighted by atomic mass is 32.2. The van der Waals surface area contributed by atoms with Crippen LogP contribution in [0.3, 0.4) is 0 Å². The molecule has 2 saturated heterocycles. The summed E-state index contributed by atoms with van der Waals surface area (Å²) in [5.41, 5.74) is 0. The predicted molar refractivity (Wildman–Crippen MR) is 78.0 cm³/mol. The maximum atomic E-state index is 11.6. The summed E-state index contributed by atoms with van der Waals surface area (Å²) in [5, 5.41) is 0.878. The van der Waals surface area contributed by atoms with Crippen molar-refractivity contribution in [1.29, 1.82) is 0 Å². The number of hydrogen-bond donors (Lipinski definition) is 0. The average Bonchev–Trinajstić information content (AvgIpc) is 2.47. The molecule has 0 unspecified atom stereocenters. The minimum absolute atomic E-state index is 0.328. The van der Waals surface area contributed by atoms with Gasteiger partial charge < -0.3 is 9.80 Å². The summed E-state index contributed by atoms with van der Waals surface area (Å²) in [7, 11) is 0. The molecule has 0 aromatic rings. The Bertz CT molecular complexity index is 269. The summed E-state index contributed by atoms with van der Waals surface area (Å²) >= 11 is 2.02. The van der Waals surface area contributed by atoms with E-state index in [1.54, 1.807) is 0 Å². The van der Waals surface area contributed by atoms with E-state index in [0.29, 0.717) is 12.3 Å². The third kappa shape index (κ3) is 3.41. The van der Waals surface area contributed by atoms with E-state index in [1.807, 2.05) is 23.6 Å². The SMILES string of the molecule is CCC(=O)N1CCC(N2CCC(SC)CC2)CC1. The first kappa shape index (κ1) is 14.2. The first-order chi connectivity index (χ1) is 8.74. The highest BCUT2D eigenvalue weighted by molar-refractivity contribution is 7.99. The molecule has 2 rings (SSSR count). The minimum atomic E-state index is 0.328. The molecule has 3 nitrogen and oxygen atoms in total. The van der Waals surface area contributed by atoms with Crippen LogP contribution in [-0.4, -0.2) is 59.4 Å². The zero-order valence-corrected chi connectivity index (χ0v) is 12.5. The fourth-order valence-corrected chi connectivity index (χ4v) is 3.86. The quantitative estimate of drug-likeness (QED) is 0.785. The minimum Gasteiger partial charge on any atom is -0.343 e. The van der Waals surface area contributed by atoms with Crippen LogP contribution in [0.1, 0.15) is 39.0 Å². The smallest absolute Gasteiger partial charge is 0.222 e. The zero-order valence-electron chi connectivity index (χ0n) is 11.7. The predicted octanol–water partition coefficient (Wildman–Crippen LogP) is 2.21. The Morgan fingerprint density at radius 3 is 2.22 bits per heavy atom. The molecule has 2 aliphatic rings. The van der Waals surface area contributed by atoms with Crippen molar-refractivity contribution in [1.82, 2.24) is 9.80 Å². The van der Waals surface area contributed by atoms with Gasteiger partial charge in [-0.05, 0) is 45.0 Å². The second-order valence-electron chi connectivity index (χ2n) is 5.44. The maximum Gasteiger partial charge on any atom is 0.222 e. The average molecular weight is 270 g/mol. The van der Waals surface area contributed by atoms with Gasteiger partial charge in [0.15, 0.2) is 0 Å². The molecule has 2 heterocycles. The van der Waals surface area contributed by atoms with Gasteiger partial charge in [0.05, 0.1) is 0 Å². The van der Waals surface area contributed by atoms with Crippen LogP contribution in [0, 0.1) is 0 Å². The van der Waals surface area contributed by atoms with E-state index in [2.05, 4.69) is 11.2 Å². The molecule has 1 amide bonds. The fourth-order valence-electron chi connectivity index (χ4n) is 3.18. The molecule has 18 heavy (non-hydrogen) atoms. The topological polar surface area (TPSA) is 23.6 Å².